The van der Waals surface area contributed by atoms with E-state index < -0.39 is 10.9 Å². The summed E-state index contributed by atoms with van der Waals surface area (Å²) in [6.45, 7) is 1.83. The van der Waals surface area contributed by atoms with Crippen LogP contribution in [0, 0.1) is 17.0 Å². The molecule has 0 aliphatic carbocycles. The highest BCUT2D eigenvalue weighted by Gasteiger charge is 2.11. The summed E-state index contributed by atoms with van der Waals surface area (Å²) < 4.78 is 0. The monoisotopic (exact) mass is 290 g/mol. The molecule has 2 aromatic rings. The van der Waals surface area contributed by atoms with Gasteiger partial charge in [-0.05, 0) is 24.6 Å². The van der Waals surface area contributed by atoms with Crippen molar-refractivity contribution in [2.45, 2.75) is 16.8 Å². The lowest BCUT2D eigenvalue weighted by Crippen LogP contribution is -1.97. The van der Waals surface area contributed by atoms with Crippen LogP contribution in [0.5, 0.6) is 0 Å². The number of carboxylic acid groups (broad SMARTS) is 1. The zero-order valence-corrected chi connectivity index (χ0v) is 11.3. The summed E-state index contributed by atoms with van der Waals surface area (Å²) >= 11 is 1.20. The van der Waals surface area contributed by atoms with E-state index in [9.17, 15) is 14.9 Å². The van der Waals surface area contributed by atoms with E-state index >= 15 is 0 Å². The van der Waals surface area contributed by atoms with Crippen molar-refractivity contribution in [3.63, 3.8) is 0 Å². The summed E-state index contributed by atoms with van der Waals surface area (Å²) in [4.78, 5) is 25.9. The van der Waals surface area contributed by atoms with Crippen molar-refractivity contribution in [1.29, 1.82) is 0 Å². The summed E-state index contributed by atoms with van der Waals surface area (Å²) in [6, 6.07) is 7.37. The van der Waals surface area contributed by atoms with Gasteiger partial charge in [-0.25, -0.2) is 9.78 Å². The number of nitro groups is 1. The minimum Gasteiger partial charge on any atom is -0.478 e. The number of non-ortho nitro benzene ring substituents is 1. The van der Waals surface area contributed by atoms with Crippen molar-refractivity contribution in [1.82, 2.24) is 4.98 Å². The molecular formula is C13H10N2O4S. The maximum atomic E-state index is 10.9. The Morgan fingerprint density at radius 3 is 2.75 bits per heavy atom. The van der Waals surface area contributed by atoms with Gasteiger partial charge in [0.2, 0.25) is 0 Å². The number of nitrogens with zero attached hydrogens (tertiary/aromatic N) is 2. The number of carboxylic acids is 1. The molecule has 0 unspecified atom stereocenters. The maximum absolute atomic E-state index is 10.9. The Balaban J connectivity index is 2.34. The lowest BCUT2D eigenvalue weighted by molar-refractivity contribution is -0.385. The van der Waals surface area contributed by atoms with Crippen molar-refractivity contribution in [2.24, 2.45) is 0 Å². The van der Waals surface area contributed by atoms with Gasteiger partial charge in [0.05, 0.1) is 10.5 Å². The third-order valence-corrected chi connectivity index (χ3v) is 3.67. The molecule has 0 atom stereocenters. The fraction of sp³-hybridized carbons (Fsp3) is 0.0769. The predicted octanol–water partition coefficient (Wildman–Crippen LogP) is 3.15. The fourth-order valence-corrected chi connectivity index (χ4v) is 2.46. The van der Waals surface area contributed by atoms with Crippen LogP contribution in [-0.2, 0) is 0 Å². The summed E-state index contributed by atoms with van der Waals surface area (Å²) in [6.07, 6.45) is 1.40. The number of pyridine rings is 1. The largest absolute Gasteiger partial charge is 0.478 e. The second kappa shape index (κ2) is 5.70. The Labute approximate surface area is 118 Å². The molecule has 0 fully saturated rings. The zero-order chi connectivity index (χ0) is 14.7. The zero-order valence-electron chi connectivity index (χ0n) is 10.4. The Kier molecular flexibility index (Phi) is 3.99. The van der Waals surface area contributed by atoms with E-state index in [1.165, 1.54) is 42.2 Å². The van der Waals surface area contributed by atoms with E-state index in [-0.39, 0.29) is 11.3 Å². The Morgan fingerprint density at radius 1 is 1.35 bits per heavy atom. The van der Waals surface area contributed by atoms with Crippen molar-refractivity contribution < 1.29 is 14.8 Å². The SMILES string of the molecule is Cc1ccc([N+](=O)[O-])cc1Sc1cc(C(=O)O)ccn1. The first-order valence-corrected chi connectivity index (χ1v) is 6.41. The highest BCUT2D eigenvalue weighted by molar-refractivity contribution is 7.99. The highest BCUT2D eigenvalue weighted by Crippen LogP contribution is 2.31. The number of nitro benzene ring substituents is 1. The second-order valence-corrected chi connectivity index (χ2v) is 5.06. The van der Waals surface area contributed by atoms with Gasteiger partial charge in [-0.2, -0.15) is 0 Å². The fourth-order valence-electron chi connectivity index (χ4n) is 1.52. The molecule has 1 aromatic heterocycles. The first-order chi connectivity index (χ1) is 9.47. The van der Waals surface area contributed by atoms with Gasteiger partial charge in [0.25, 0.3) is 5.69 Å². The second-order valence-electron chi connectivity index (χ2n) is 4.00. The van der Waals surface area contributed by atoms with Crippen molar-refractivity contribution >= 4 is 23.4 Å². The molecule has 20 heavy (non-hydrogen) atoms. The molecule has 1 aromatic carbocycles. The molecule has 1 heterocycles. The topological polar surface area (TPSA) is 93.3 Å². The predicted molar refractivity (Wildman–Crippen MR) is 73.2 cm³/mol. The molecule has 6 nitrogen and oxygen atoms in total. The molecule has 0 saturated heterocycles. The molecule has 0 aliphatic heterocycles. The quantitative estimate of drug-likeness (QED) is 0.686. The molecule has 102 valence electrons. The Morgan fingerprint density at radius 2 is 2.10 bits per heavy atom. The van der Waals surface area contributed by atoms with Gasteiger partial charge >= 0.3 is 5.97 Å². The normalized spacial score (nSPS) is 10.2. The number of aromatic carboxylic acids is 1. The number of benzene rings is 1. The van der Waals surface area contributed by atoms with Gasteiger partial charge in [-0.1, -0.05) is 17.8 Å². The van der Waals surface area contributed by atoms with Crippen molar-refractivity contribution in [2.75, 3.05) is 0 Å². The van der Waals surface area contributed by atoms with Crippen LogP contribution in [0.2, 0.25) is 0 Å². The van der Waals surface area contributed by atoms with Crippen molar-refractivity contribution in [3.8, 4) is 0 Å². The average Bonchev–Trinajstić information content (AvgIpc) is 2.41. The minimum absolute atomic E-state index is 0.00695. The summed E-state index contributed by atoms with van der Waals surface area (Å²) in [5.41, 5.74) is 0.987. The summed E-state index contributed by atoms with van der Waals surface area (Å²) in [5.74, 6) is -1.04. The van der Waals surface area contributed by atoms with E-state index in [0.717, 1.165) is 5.56 Å². The summed E-state index contributed by atoms with van der Waals surface area (Å²) in [5, 5.41) is 20.2. The molecule has 0 bridgehead atoms. The van der Waals surface area contributed by atoms with Crippen LogP contribution >= 0.6 is 11.8 Å². The Bertz CT molecular complexity index is 688. The van der Waals surface area contributed by atoms with E-state index in [0.29, 0.717) is 9.92 Å². The molecule has 7 heteroatoms. The molecular weight excluding hydrogens is 280 g/mol. The molecule has 0 radical (unpaired) electrons. The molecule has 2 rings (SSSR count). The standard InChI is InChI=1S/C13H10N2O4S/c1-8-2-3-10(15(18)19)7-11(8)20-12-6-9(13(16)17)4-5-14-12/h2-7H,1H3,(H,16,17). The number of aromatic nitrogens is 1. The maximum Gasteiger partial charge on any atom is 0.335 e. The molecule has 0 amide bonds. The highest BCUT2D eigenvalue weighted by atomic mass is 32.2. The van der Waals surface area contributed by atoms with Crippen LogP contribution in [-0.4, -0.2) is 21.0 Å². The van der Waals surface area contributed by atoms with Crippen LogP contribution in [0.25, 0.3) is 0 Å². The van der Waals surface area contributed by atoms with Crippen LogP contribution in [0.15, 0.2) is 46.5 Å². The number of carbonyl (C=O) groups is 1. The number of hydrogen-bond donors (Lipinski definition) is 1. The minimum atomic E-state index is -1.04. The summed E-state index contributed by atoms with van der Waals surface area (Å²) in [7, 11) is 0. The van der Waals surface area contributed by atoms with Gasteiger partial charge < -0.3 is 5.11 Å². The number of hydrogen-bond acceptors (Lipinski definition) is 5. The van der Waals surface area contributed by atoms with Crippen molar-refractivity contribution in [3.05, 3.63) is 57.8 Å². The molecule has 1 N–H and O–H groups in total. The number of rotatable bonds is 4. The lowest BCUT2D eigenvalue weighted by Gasteiger charge is -2.05. The van der Waals surface area contributed by atoms with Crippen LogP contribution in [0.4, 0.5) is 5.69 Å². The van der Waals surface area contributed by atoms with Gasteiger partial charge in [0.1, 0.15) is 5.03 Å². The first kappa shape index (κ1) is 14.0. The van der Waals surface area contributed by atoms with E-state index in [1.807, 2.05) is 6.92 Å². The molecule has 0 spiro atoms. The number of aryl methyl sites for hydroxylation is 1. The average molecular weight is 290 g/mol. The van der Waals surface area contributed by atoms with Gasteiger partial charge in [-0.3, -0.25) is 10.1 Å². The van der Waals surface area contributed by atoms with E-state index in [4.69, 9.17) is 5.11 Å². The third-order valence-electron chi connectivity index (χ3n) is 2.58. The van der Waals surface area contributed by atoms with Gasteiger partial charge in [0, 0.05) is 23.2 Å². The molecule has 0 saturated carbocycles. The van der Waals surface area contributed by atoms with Crippen LogP contribution < -0.4 is 0 Å². The third kappa shape index (κ3) is 3.12. The van der Waals surface area contributed by atoms with E-state index in [1.54, 1.807) is 6.07 Å². The smallest absolute Gasteiger partial charge is 0.335 e. The Hall–Kier alpha value is -2.41. The van der Waals surface area contributed by atoms with E-state index in [2.05, 4.69) is 4.98 Å². The van der Waals surface area contributed by atoms with Crippen LogP contribution in [0.1, 0.15) is 15.9 Å². The lowest BCUT2D eigenvalue weighted by atomic mass is 10.2. The molecule has 0 aliphatic rings. The van der Waals surface area contributed by atoms with Gasteiger partial charge in [-0.15, -0.1) is 0 Å². The van der Waals surface area contributed by atoms with Gasteiger partial charge in [0.15, 0.2) is 0 Å². The first-order valence-electron chi connectivity index (χ1n) is 5.59. The van der Waals surface area contributed by atoms with Crippen LogP contribution in [0.3, 0.4) is 0 Å².